The molecule has 14 rings (SSSR count). The third-order valence-corrected chi connectivity index (χ3v) is 15.0. The van der Waals surface area contributed by atoms with Crippen LogP contribution in [0.5, 0.6) is 0 Å². The van der Waals surface area contributed by atoms with Crippen LogP contribution >= 0.6 is 0 Å². The fourth-order valence-electron chi connectivity index (χ4n) is 11.1. The maximum absolute atomic E-state index is 5.37. The van der Waals surface area contributed by atoms with Crippen LogP contribution in [0.1, 0.15) is 0 Å². The van der Waals surface area contributed by atoms with E-state index < -0.39 is 0 Å². The normalized spacial score (nSPS) is 11.3. The maximum Gasteiger partial charge on any atom is 0.145 e. The summed E-state index contributed by atoms with van der Waals surface area (Å²) in [6, 6.07) is 110. The average molecular weight is 1010 g/mol. The lowest BCUT2D eigenvalue weighted by atomic mass is 9.97. The molecular formula is C74H51N5. The molecule has 79 heavy (non-hydrogen) atoms. The number of anilines is 3. The predicted molar refractivity (Wildman–Crippen MR) is 328 cm³/mol. The molecule has 12 aromatic carbocycles. The first-order valence-electron chi connectivity index (χ1n) is 26.8. The van der Waals surface area contributed by atoms with Crippen molar-refractivity contribution in [3.05, 3.63) is 309 Å². The van der Waals surface area contributed by atoms with E-state index in [9.17, 15) is 0 Å². The van der Waals surface area contributed by atoms with Gasteiger partial charge in [0, 0.05) is 50.7 Å². The molecule has 0 radical (unpaired) electrons. The second-order valence-electron chi connectivity index (χ2n) is 19.8. The van der Waals surface area contributed by atoms with E-state index in [1.807, 2.05) is 0 Å². The fraction of sp³-hybridized carbons (Fsp3) is 0. The molecule has 0 aliphatic rings. The molecule has 0 amide bonds. The molecule has 372 valence electrons. The highest BCUT2D eigenvalue weighted by molar-refractivity contribution is 5.98. The molecule has 5 heteroatoms. The van der Waals surface area contributed by atoms with Crippen molar-refractivity contribution in [2.75, 3.05) is 4.90 Å². The van der Waals surface area contributed by atoms with Crippen molar-refractivity contribution in [3.8, 4) is 89.8 Å². The van der Waals surface area contributed by atoms with Crippen molar-refractivity contribution < 1.29 is 0 Å². The number of nitrogens with zero attached hydrogens (tertiary/aromatic N) is 5. The quantitative estimate of drug-likeness (QED) is 0.122. The number of para-hydroxylation sites is 4. The summed E-state index contributed by atoms with van der Waals surface area (Å²) in [7, 11) is 0. The molecule has 14 aromatic rings. The lowest BCUT2D eigenvalue weighted by Crippen LogP contribution is -2.09. The van der Waals surface area contributed by atoms with Gasteiger partial charge in [-0.25, -0.2) is 9.97 Å². The van der Waals surface area contributed by atoms with E-state index in [0.29, 0.717) is 0 Å². The van der Waals surface area contributed by atoms with Crippen molar-refractivity contribution in [3.63, 3.8) is 0 Å². The first-order valence-corrected chi connectivity index (χ1v) is 26.8. The Balaban J connectivity index is 0.803. The molecule has 0 aliphatic heterocycles. The molecule has 5 nitrogen and oxygen atoms in total. The molecule has 0 N–H and O–H groups in total. The minimum atomic E-state index is 0.916. The van der Waals surface area contributed by atoms with E-state index in [0.717, 1.165) is 118 Å². The van der Waals surface area contributed by atoms with Gasteiger partial charge < -0.3 is 4.90 Å². The summed E-state index contributed by atoms with van der Waals surface area (Å²) < 4.78 is 4.55. The van der Waals surface area contributed by atoms with Crippen LogP contribution < -0.4 is 4.90 Å². The Labute approximate surface area is 459 Å². The van der Waals surface area contributed by atoms with Crippen molar-refractivity contribution in [1.82, 2.24) is 19.1 Å². The van der Waals surface area contributed by atoms with Gasteiger partial charge >= 0.3 is 0 Å². The molecule has 0 atom stereocenters. The molecule has 0 saturated heterocycles. The molecular weight excluding hydrogens is 959 g/mol. The smallest absolute Gasteiger partial charge is 0.145 e. The van der Waals surface area contributed by atoms with Gasteiger partial charge in [0.25, 0.3) is 0 Å². The Morgan fingerprint density at radius 1 is 0.228 bits per heavy atom. The van der Waals surface area contributed by atoms with Crippen molar-refractivity contribution in [1.29, 1.82) is 0 Å². The first kappa shape index (κ1) is 46.9. The van der Waals surface area contributed by atoms with Crippen molar-refractivity contribution >= 4 is 39.1 Å². The van der Waals surface area contributed by atoms with Gasteiger partial charge in [-0.2, -0.15) is 0 Å². The largest absolute Gasteiger partial charge is 0.311 e. The van der Waals surface area contributed by atoms with E-state index in [2.05, 4.69) is 323 Å². The fourth-order valence-corrected chi connectivity index (χ4v) is 11.1. The summed E-state index contributed by atoms with van der Waals surface area (Å²) in [5.41, 5.74) is 22.8. The molecule has 0 saturated carbocycles. The Kier molecular flexibility index (Phi) is 12.2. The summed E-state index contributed by atoms with van der Waals surface area (Å²) in [6.45, 7) is 0. The summed E-state index contributed by atoms with van der Waals surface area (Å²) in [5.74, 6) is 1.83. The summed E-state index contributed by atoms with van der Waals surface area (Å²) in [5, 5.41) is 0. The zero-order chi connectivity index (χ0) is 52.5. The monoisotopic (exact) mass is 1010 g/mol. The van der Waals surface area contributed by atoms with Gasteiger partial charge in [-0.3, -0.25) is 9.13 Å². The van der Waals surface area contributed by atoms with Crippen LogP contribution in [0.2, 0.25) is 0 Å². The standard InChI is InChI=1S/C74H51N5/c1-6-20-52(21-7-1)53-38-44-64(45-39-53)77(65-46-40-54(41-47-65)58-26-16-28-60(50-58)67-34-18-36-69-71(67)75-73(56-22-8-2-9-23-56)78(69)62-30-12-4-13-31-62)66-48-42-55(43-49-66)59-27-17-29-61(51-59)68-35-19-37-70-72(68)76-74(57-24-10-3-11-25-57)79(70)63-32-14-5-15-33-63/h1-51H. The van der Waals surface area contributed by atoms with Crippen LogP contribution in [0.3, 0.4) is 0 Å². The van der Waals surface area contributed by atoms with Crippen LogP contribution in [0.4, 0.5) is 17.1 Å². The molecule has 0 fully saturated rings. The number of hydrogen-bond donors (Lipinski definition) is 0. The van der Waals surface area contributed by atoms with Crippen LogP contribution in [-0.2, 0) is 0 Å². The van der Waals surface area contributed by atoms with E-state index in [1.165, 1.54) is 11.1 Å². The Hall–Kier alpha value is -10.6. The molecule has 0 unspecified atom stereocenters. The number of hydrogen-bond acceptors (Lipinski definition) is 3. The minimum absolute atomic E-state index is 0.916. The third-order valence-electron chi connectivity index (χ3n) is 15.0. The molecule has 2 heterocycles. The average Bonchev–Trinajstić information content (AvgIpc) is 4.25. The lowest BCUT2D eigenvalue weighted by Gasteiger charge is -2.26. The van der Waals surface area contributed by atoms with Gasteiger partial charge in [0.15, 0.2) is 0 Å². The summed E-state index contributed by atoms with van der Waals surface area (Å²) >= 11 is 0. The molecule has 0 bridgehead atoms. The van der Waals surface area contributed by atoms with E-state index >= 15 is 0 Å². The third kappa shape index (κ3) is 8.95. The molecule has 0 aliphatic carbocycles. The van der Waals surface area contributed by atoms with Crippen LogP contribution in [0.25, 0.3) is 112 Å². The second kappa shape index (κ2) is 20.5. The van der Waals surface area contributed by atoms with Gasteiger partial charge in [-0.15, -0.1) is 0 Å². The van der Waals surface area contributed by atoms with Gasteiger partial charge in [-0.1, -0.05) is 224 Å². The number of fused-ring (bicyclic) bond motifs is 2. The van der Waals surface area contributed by atoms with Gasteiger partial charge in [-0.05, 0) is 129 Å². The van der Waals surface area contributed by atoms with Crippen molar-refractivity contribution in [2.45, 2.75) is 0 Å². The van der Waals surface area contributed by atoms with Gasteiger partial charge in [0.2, 0.25) is 0 Å². The second-order valence-corrected chi connectivity index (χ2v) is 19.8. The van der Waals surface area contributed by atoms with Gasteiger partial charge in [0.05, 0.1) is 22.1 Å². The minimum Gasteiger partial charge on any atom is -0.311 e. The summed E-state index contributed by atoms with van der Waals surface area (Å²) in [4.78, 5) is 13.1. The zero-order valence-electron chi connectivity index (χ0n) is 43.2. The van der Waals surface area contributed by atoms with E-state index in [1.54, 1.807) is 0 Å². The highest BCUT2D eigenvalue weighted by Crippen LogP contribution is 2.41. The predicted octanol–water partition coefficient (Wildman–Crippen LogP) is 19.5. The van der Waals surface area contributed by atoms with E-state index in [-0.39, 0.29) is 0 Å². The number of benzene rings is 12. The highest BCUT2D eigenvalue weighted by Gasteiger charge is 2.21. The number of aromatic nitrogens is 4. The van der Waals surface area contributed by atoms with Crippen LogP contribution in [0, 0.1) is 0 Å². The Morgan fingerprint density at radius 3 is 0.899 bits per heavy atom. The van der Waals surface area contributed by atoms with Crippen LogP contribution in [0.15, 0.2) is 309 Å². The van der Waals surface area contributed by atoms with Crippen molar-refractivity contribution in [2.24, 2.45) is 0 Å². The number of rotatable bonds is 12. The Morgan fingerprint density at radius 2 is 0.519 bits per heavy atom. The maximum atomic E-state index is 5.37. The molecule has 2 aromatic heterocycles. The first-order chi connectivity index (χ1) is 39.2. The zero-order valence-corrected chi connectivity index (χ0v) is 43.2. The highest BCUT2D eigenvalue weighted by atomic mass is 15.1. The lowest BCUT2D eigenvalue weighted by molar-refractivity contribution is 1.10. The van der Waals surface area contributed by atoms with Crippen LogP contribution in [-0.4, -0.2) is 19.1 Å². The number of imidazole rings is 2. The van der Waals surface area contributed by atoms with E-state index in [4.69, 9.17) is 9.97 Å². The van der Waals surface area contributed by atoms with Gasteiger partial charge in [0.1, 0.15) is 11.6 Å². The Bertz CT molecular complexity index is 4170. The SMILES string of the molecule is c1ccc(-c2ccc(N(c3ccc(-c4cccc(-c5cccc6c5nc(-c5ccccc5)n6-c5ccccc5)c4)cc3)c3ccc(-c4cccc(-c5cccc6c5nc(-c5ccccc5)n6-c5ccccc5)c4)cc3)cc2)cc1. The summed E-state index contributed by atoms with van der Waals surface area (Å²) in [6.07, 6.45) is 0. The topological polar surface area (TPSA) is 38.9 Å². The molecule has 0 spiro atoms.